The van der Waals surface area contributed by atoms with Crippen LogP contribution in [0, 0.1) is 13.8 Å². The van der Waals surface area contributed by atoms with Gasteiger partial charge in [0.05, 0.1) is 5.69 Å². The van der Waals surface area contributed by atoms with E-state index in [4.69, 9.17) is 4.42 Å². The maximum atomic E-state index is 6.77. The van der Waals surface area contributed by atoms with Gasteiger partial charge < -0.3 is 9.73 Å². The van der Waals surface area contributed by atoms with Crippen molar-refractivity contribution in [3.8, 4) is 0 Å². The van der Waals surface area contributed by atoms with E-state index in [1.165, 1.54) is 70.3 Å². The summed E-state index contributed by atoms with van der Waals surface area (Å²) >= 11 is 0. The van der Waals surface area contributed by atoms with Gasteiger partial charge in [0.15, 0.2) is 5.58 Å². The van der Waals surface area contributed by atoms with Gasteiger partial charge in [-0.2, -0.15) is 0 Å². The van der Waals surface area contributed by atoms with Crippen LogP contribution in [0.5, 0.6) is 0 Å². The predicted octanol–water partition coefficient (Wildman–Crippen LogP) is 9.15. The summed E-state index contributed by atoms with van der Waals surface area (Å²) in [5, 5.41) is 8.76. The molecule has 0 aliphatic heterocycles. The lowest BCUT2D eigenvalue weighted by Crippen LogP contribution is -2.04. The first-order valence-electron chi connectivity index (χ1n) is 11.9. The van der Waals surface area contributed by atoms with Crippen LogP contribution in [-0.2, 0) is 0 Å². The van der Waals surface area contributed by atoms with Crippen molar-refractivity contribution in [3.63, 3.8) is 0 Å². The summed E-state index contributed by atoms with van der Waals surface area (Å²) in [5.41, 5.74) is 8.12. The molecule has 0 bridgehead atoms. The standard InChI is InChI=1S/C30H29NO/c1-19-10-8-11-20(2)28(19)31-26-17-9-16-24-27-23-15-7-6-14-22(23)18-25(30(27)32-29(24)26)21-12-4-3-5-13-21/h6-11,14-18,21,31H,3-5,12-13H2,1-2H3. The molecule has 32 heavy (non-hydrogen) atoms. The number of benzene rings is 4. The number of aryl methyl sites for hydroxylation is 2. The summed E-state index contributed by atoms with van der Waals surface area (Å²) in [4.78, 5) is 0. The van der Waals surface area contributed by atoms with E-state index in [1.807, 2.05) is 0 Å². The lowest BCUT2D eigenvalue weighted by atomic mass is 9.82. The second-order valence-electron chi connectivity index (χ2n) is 9.40. The average molecular weight is 420 g/mol. The summed E-state index contributed by atoms with van der Waals surface area (Å²) in [6.07, 6.45) is 6.52. The molecule has 1 aromatic heterocycles. The zero-order valence-electron chi connectivity index (χ0n) is 18.9. The van der Waals surface area contributed by atoms with E-state index in [9.17, 15) is 0 Å². The third kappa shape index (κ3) is 3.09. The van der Waals surface area contributed by atoms with E-state index in [0.29, 0.717) is 5.92 Å². The summed E-state index contributed by atoms with van der Waals surface area (Å²) in [5.74, 6) is 0.589. The van der Waals surface area contributed by atoms with Gasteiger partial charge >= 0.3 is 0 Å². The number of anilines is 2. The Hall–Kier alpha value is -3.26. The third-order valence-electron chi connectivity index (χ3n) is 7.30. The molecule has 2 nitrogen and oxygen atoms in total. The van der Waals surface area contributed by atoms with Crippen molar-refractivity contribution in [3.05, 3.63) is 83.4 Å². The molecule has 0 amide bonds. The average Bonchev–Trinajstić information content (AvgIpc) is 3.22. The molecule has 0 atom stereocenters. The van der Waals surface area contributed by atoms with Crippen molar-refractivity contribution < 1.29 is 4.42 Å². The van der Waals surface area contributed by atoms with Gasteiger partial charge in [0, 0.05) is 16.5 Å². The Balaban J connectivity index is 1.63. The minimum Gasteiger partial charge on any atom is -0.454 e. The molecule has 0 radical (unpaired) electrons. The van der Waals surface area contributed by atoms with Crippen molar-refractivity contribution in [1.29, 1.82) is 0 Å². The minimum absolute atomic E-state index is 0.589. The highest BCUT2D eigenvalue weighted by Crippen LogP contribution is 2.45. The second-order valence-corrected chi connectivity index (χ2v) is 9.40. The molecule has 1 heterocycles. The SMILES string of the molecule is Cc1cccc(C)c1Nc1cccc2c1oc1c(C3CCCCC3)cc3ccccc3c12. The Kier molecular flexibility index (Phi) is 4.68. The molecule has 1 N–H and O–H groups in total. The largest absolute Gasteiger partial charge is 0.454 e. The van der Waals surface area contributed by atoms with E-state index in [-0.39, 0.29) is 0 Å². The van der Waals surface area contributed by atoms with Crippen molar-refractivity contribution in [1.82, 2.24) is 0 Å². The number of para-hydroxylation sites is 2. The Morgan fingerprint density at radius 3 is 2.28 bits per heavy atom. The van der Waals surface area contributed by atoms with Gasteiger partial charge in [-0.25, -0.2) is 0 Å². The van der Waals surface area contributed by atoms with Crippen LogP contribution in [0.1, 0.15) is 54.7 Å². The van der Waals surface area contributed by atoms with E-state index in [1.54, 1.807) is 0 Å². The van der Waals surface area contributed by atoms with Crippen LogP contribution in [0.4, 0.5) is 11.4 Å². The molecule has 6 rings (SSSR count). The van der Waals surface area contributed by atoms with E-state index >= 15 is 0 Å². The van der Waals surface area contributed by atoms with Crippen molar-refractivity contribution in [2.75, 3.05) is 5.32 Å². The molecule has 160 valence electrons. The predicted molar refractivity (Wildman–Crippen MR) is 136 cm³/mol. The molecule has 1 saturated carbocycles. The first-order valence-corrected chi connectivity index (χ1v) is 11.9. The monoisotopic (exact) mass is 419 g/mol. The quantitative estimate of drug-likeness (QED) is 0.315. The van der Waals surface area contributed by atoms with Crippen LogP contribution in [0.3, 0.4) is 0 Å². The molecule has 0 spiro atoms. The smallest absolute Gasteiger partial charge is 0.158 e. The van der Waals surface area contributed by atoms with Crippen LogP contribution in [0.25, 0.3) is 32.7 Å². The molecule has 2 heteroatoms. The van der Waals surface area contributed by atoms with Gasteiger partial charge in [-0.3, -0.25) is 0 Å². The Morgan fingerprint density at radius 1 is 0.750 bits per heavy atom. The van der Waals surface area contributed by atoms with Gasteiger partial charge in [-0.1, -0.05) is 73.9 Å². The van der Waals surface area contributed by atoms with Gasteiger partial charge in [-0.05, 0) is 72.2 Å². The maximum absolute atomic E-state index is 6.77. The lowest BCUT2D eigenvalue weighted by molar-refractivity contribution is 0.442. The van der Waals surface area contributed by atoms with Crippen LogP contribution in [-0.4, -0.2) is 0 Å². The first-order chi connectivity index (χ1) is 15.7. The number of hydrogen-bond donors (Lipinski definition) is 1. The molecule has 4 aromatic carbocycles. The molecule has 1 aliphatic carbocycles. The zero-order chi connectivity index (χ0) is 21.7. The molecule has 0 unspecified atom stereocenters. The molecule has 1 aliphatic rings. The molecule has 0 saturated heterocycles. The highest BCUT2D eigenvalue weighted by molar-refractivity contribution is 6.21. The van der Waals surface area contributed by atoms with Crippen LogP contribution in [0.15, 0.2) is 71.1 Å². The molecule has 5 aromatic rings. The topological polar surface area (TPSA) is 25.2 Å². The number of rotatable bonds is 3. The van der Waals surface area contributed by atoms with Crippen molar-refractivity contribution >= 4 is 44.1 Å². The maximum Gasteiger partial charge on any atom is 0.158 e. The van der Waals surface area contributed by atoms with Gasteiger partial charge in [0.1, 0.15) is 5.58 Å². The summed E-state index contributed by atoms with van der Waals surface area (Å²) in [6, 6.07) is 24.1. The molecule has 1 fully saturated rings. The third-order valence-corrected chi connectivity index (χ3v) is 7.30. The summed E-state index contributed by atoms with van der Waals surface area (Å²) in [6.45, 7) is 4.31. The van der Waals surface area contributed by atoms with Crippen molar-refractivity contribution in [2.24, 2.45) is 0 Å². The normalized spacial score (nSPS) is 15.1. The number of hydrogen-bond acceptors (Lipinski definition) is 2. The fourth-order valence-corrected chi connectivity index (χ4v) is 5.64. The van der Waals surface area contributed by atoms with Crippen LogP contribution >= 0.6 is 0 Å². The first kappa shape index (κ1) is 19.4. The van der Waals surface area contributed by atoms with E-state index in [2.05, 4.69) is 85.9 Å². The zero-order valence-corrected chi connectivity index (χ0v) is 18.9. The van der Waals surface area contributed by atoms with Crippen LogP contribution in [0.2, 0.25) is 0 Å². The minimum atomic E-state index is 0.589. The Morgan fingerprint density at radius 2 is 1.47 bits per heavy atom. The fraction of sp³-hybridized carbons (Fsp3) is 0.267. The van der Waals surface area contributed by atoms with Gasteiger partial charge in [0.2, 0.25) is 0 Å². The van der Waals surface area contributed by atoms with Gasteiger partial charge in [0.25, 0.3) is 0 Å². The summed E-state index contributed by atoms with van der Waals surface area (Å²) < 4.78 is 6.77. The number of furan rings is 1. The molecular formula is C30H29NO. The number of fused-ring (bicyclic) bond motifs is 5. The fourth-order valence-electron chi connectivity index (χ4n) is 5.64. The number of nitrogens with one attached hydrogen (secondary N) is 1. The van der Waals surface area contributed by atoms with Crippen LogP contribution < -0.4 is 5.32 Å². The Bertz CT molecular complexity index is 1430. The highest BCUT2D eigenvalue weighted by atomic mass is 16.3. The van der Waals surface area contributed by atoms with E-state index in [0.717, 1.165) is 22.5 Å². The van der Waals surface area contributed by atoms with Gasteiger partial charge in [-0.15, -0.1) is 0 Å². The van der Waals surface area contributed by atoms with E-state index < -0.39 is 0 Å². The molecular weight excluding hydrogens is 390 g/mol. The van der Waals surface area contributed by atoms with Crippen molar-refractivity contribution in [2.45, 2.75) is 51.9 Å². The Labute approximate surface area is 189 Å². The summed E-state index contributed by atoms with van der Waals surface area (Å²) in [7, 11) is 0. The second kappa shape index (κ2) is 7.70. The lowest BCUT2D eigenvalue weighted by Gasteiger charge is -2.22. The highest BCUT2D eigenvalue weighted by Gasteiger charge is 2.23.